The van der Waals surface area contributed by atoms with Gasteiger partial charge < -0.3 is 0 Å². The van der Waals surface area contributed by atoms with Crippen molar-refractivity contribution in [2.45, 2.75) is 0 Å². The minimum absolute atomic E-state index is 0.0990. The van der Waals surface area contributed by atoms with Gasteiger partial charge in [0.25, 0.3) is 0 Å². The number of aromatic nitrogens is 3. The number of hydrogen-bond acceptors (Lipinski definition) is 3. The maximum Gasteiger partial charge on any atom is 0.226 e. The second kappa shape index (κ2) is 7.36. The Hall–Kier alpha value is -3.55. The van der Waals surface area contributed by atoms with Crippen LogP contribution in [0.15, 0.2) is 78.9 Å². The van der Waals surface area contributed by atoms with Gasteiger partial charge >= 0.3 is 0 Å². The van der Waals surface area contributed by atoms with Gasteiger partial charge in [-0.05, 0) is 22.7 Å². The van der Waals surface area contributed by atoms with Gasteiger partial charge in [-0.3, -0.25) is 0 Å². The third kappa shape index (κ3) is 3.55. The maximum absolute atomic E-state index is 7.33. The van der Waals surface area contributed by atoms with Crippen LogP contribution in [0, 0.1) is 6.57 Å². The summed E-state index contributed by atoms with van der Waals surface area (Å²) in [7, 11) is 0. The number of rotatable bonds is 3. The number of nitrogens with zero attached hydrogens (tertiary/aromatic N) is 4. The first-order chi connectivity index (χ1) is 13.2. The lowest BCUT2D eigenvalue weighted by molar-refractivity contribution is 1.07. The average molecular weight is 369 g/mol. The predicted octanol–water partition coefficient (Wildman–Crippen LogP) is 6.08. The molecule has 0 N–H and O–H groups in total. The van der Waals surface area contributed by atoms with Gasteiger partial charge in [-0.2, -0.15) is 9.97 Å². The van der Waals surface area contributed by atoms with Gasteiger partial charge in [-0.25, -0.2) is 9.83 Å². The first-order valence-electron chi connectivity index (χ1n) is 8.29. The van der Waals surface area contributed by atoms with Crippen LogP contribution in [0.5, 0.6) is 0 Å². The lowest BCUT2D eigenvalue weighted by atomic mass is 10.0. The summed E-state index contributed by atoms with van der Waals surface area (Å²) in [6.07, 6.45) is 0. The van der Waals surface area contributed by atoms with Crippen molar-refractivity contribution >= 4 is 17.3 Å². The van der Waals surface area contributed by atoms with Crippen molar-refractivity contribution in [2.24, 2.45) is 0 Å². The van der Waals surface area contributed by atoms with Crippen LogP contribution < -0.4 is 0 Å². The highest BCUT2D eigenvalue weighted by Gasteiger charge is 2.12. The molecule has 0 unspecified atom stereocenters. The molecule has 5 heteroatoms. The Labute approximate surface area is 162 Å². The summed E-state index contributed by atoms with van der Waals surface area (Å²) >= 11 is 6.13. The van der Waals surface area contributed by atoms with E-state index >= 15 is 0 Å². The SMILES string of the molecule is [C-]#[N+]c1ccccc1-c1nc(Cl)nc(-c2ccc(-c3ccccc3)cc2)n1. The van der Waals surface area contributed by atoms with E-state index in [4.69, 9.17) is 18.2 Å². The molecule has 0 atom stereocenters. The van der Waals surface area contributed by atoms with Crippen LogP contribution in [0.2, 0.25) is 5.28 Å². The van der Waals surface area contributed by atoms with Gasteiger partial charge in [0.2, 0.25) is 5.28 Å². The lowest BCUT2D eigenvalue weighted by Gasteiger charge is -2.07. The molecule has 0 fully saturated rings. The average Bonchev–Trinajstić information content (AvgIpc) is 2.74. The first kappa shape index (κ1) is 16.9. The summed E-state index contributed by atoms with van der Waals surface area (Å²) in [5.41, 5.74) is 4.20. The molecule has 0 spiro atoms. The van der Waals surface area contributed by atoms with Crippen LogP contribution in [-0.4, -0.2) is 15.0 Å². The van der Waals surface area contributed by atoms with Gasteiger partial charge in [0.15, 0.2) is 17.3 Å². The zero-order chi connectivity index (χ0) is 18.6. The van der Waals surface area contributed by atoms with Crippen molar-refractivity contribution in [3.8, 4) is 33.9 Å². The molecular weight excluding hydrogens is 356 g/mol. The van der Waals surface area contributed by atoms with E-state index in [9.17, 15) is 0 Å². The summed E-state index contributed by atoms with van der Waals surface area (Å²) in [5, 5.41) is 0.0990. The highest BCUT2D eigenvalue weighted by molar-refractivity contribution is 6.28. The van der Waals surface area contributed by atoms with Gasteiger partial charge in [0.05, 0.1) is 6.57 Å². The molecule has 1 aromatic heterocycles. The fourth-order valence-electron chi connectivity index (χ4n) is 2.80. The second-order valence-corrected chi connectivity index (χ2v) is 6.16. The summed E-state index contributed by atoms with van der Waals surface area (Å²) in [5.74, 6) is 0.869. The number of benzene rings is 3. The zero-order valence-corrected chi connectivity index (χ0v) is 14.9. The summed E-state index contributed by atoms with van der Waals surface area (Å²) < 4.78 is 0. The van der Waals surface area contributed by atoms with Crippen LogP contribution in [0.25, 0.3) is 38.7 Å². The molecule has 0 aliphatic rings. The Bertz CT molecular complexity index is 1130. The van der Waals surface area contributed by atoms with Crippen molar-refractivity contribution in [3.63, 3.8) is 0 Å². The molecule has 0 saturated carbocycles. The molecule has 0 amide bonds. The van der Waals surface area contributed by atoms with Crippen molar-refractivity contribution in [3.05, 3.63) is 95.6 Å². The lowest BCUT2D eigenvalue weighted by Crippen LogP contribution is -1.97. The smallest absolute Gasteiger partial charge is 0.226 e. The zero-order valence-electron chi connectivity index (χ0n) is 14.2. The molecule has 4 nitrogen and oxygen atoms in total. The van der Waals surface area contributed by atoms with Gasteiger partial charge in [0, 0.05) is 11.1 Å². The summed E-state index contributed by atoms with van der Waals surface area (Å²) in [4.78, 5) is 16.5. The maximum atomic E-state index is 7.33. The van der Waals surface area contributed by atoms with Gasteiger partial charge in [0.1, 0.15) is 0 Å². The fourth-order valence-corrected chi connectivity index (χ4v) is 2.96. The Morgan fingerprint density at radius 2 is 1.22 bits per heavy atom. The van der Waals surface area contributed by atoms with Crippen LogP contribution in [0.4, 0.5) is 5.69 Å². The van der Waals surface area contributed by atoms with Crippen molar-refractivity contribution in [2.75, 3.05) is 0 Å². The third-order valence-corrected chi connectivity index (χ3v) is 4.29. The highest BCUT2D eigenvalue weighted by atomic mass is 35.5. The Balaban J connectivity index is 1.75. The molecule has 1 heterocycles. The molecule has 0 saturated heterocycles. The van der Waals surface area contributed by atoms with Gasteiger partial charge in [-0.15, -0.1) is 0 Å². The van der Waals surface area contributed by atoms with E-state index in [-0.39, 0.29) is 5.28 Å². The molecule has 0 aliphatic heterocycles. The molecule has 27 heavy (non-hydrogen) atoms. The topological polar surface area (TPSA) is 43.0 Å². The van der Waals surface area contributed by atoms with E-state index in [1.165, 1.54) is 0 Å². The Kier molecular flexibility index (Phi) is 4.61. The second-order valence-electron chi connectivity index (χ2n) is 5.82. The van der Waals surface area contributed by atoms with Crippen LogP contribution in [-0.2, 0) is 0 Å². The number of para-hydroxylation sites is 1. The van der Waals surface area contributed by atoms with Crippen molar-refractivity contribution in [1.82, 2.24) is 15.0 Å². The quantitative estimate of drug-likeness (QED) is 0.412. The molecular formula is C22H13ClN4. The van der Waals surface area contributed by atoms with Crippen LogP contribution in [0.1, 0.15) is 0 Å². The van der Waals surface area contributed by atoms with Crippen molar-refractivity contribution < 1.29 is 0 Å². The van der Waals surface area contributed by atoms with E-state index in [2.05, 4.69) is 31.9 Å². The normalized spacial score (nSPS) is 10.4. The number of hydrogen-bond donors (Lipinski definition) is 0. The molecule has 0 radical (unpaired) electrons. The van der Waals surface area contributed by atoms with E-state index in [0.717, 1.165) is 16.7 Å². The summed E-state index contributed by atoms with van der Waals surface area (Å²) in [6.45, 7) is 7.33. The monoisotopic (exact) mass is 368 g/mol. The third-order valence-electron chi connectivity index (χ3n) is 4.12. The largest absolute Gasteiger partial charge is 0.237 e. The predicted molar refractivity (Wildman–Crippen MR) is 107 cm³/mol. The minimum Gasteiger partial charge on any atom is -0.237 e. The van der Waals surface area contributed by atoms with Crippen molar-refractivity contribution in [1.29, 1.82) is 0 Å². The number of halogens is 1. The standard InChI is InChI=1S/C22H13ClN4/c1-24-19-10-6-5-9-18(19)21-25-20(26-22(23)27-21)17-13-11-16(12-14-17)15-7-3-2-4-8-15/h2-14H. The highest BCUT2D eigenvalue weighted by Crippen LogP contribution is 2.30. The minimum atomic E-state index is 0.0990. The molecule has 3 aromatic carbocycles. The van der Waals surface area contributed by atoms with Crippen LogP contribution in [0.3, 0.4) is 0 Å². The van der Waals surface area contributed by atoms with E-state index in [1.54, 1.807) is 12.1 Å². The first-order valence-corrected chi connectivity index (χ1v) is 8.67. The Morgan fingerprint density at radius 3 is 1.96 bits per heavy atom. The van der Waals surface area contributed by atoms with E-state index in [0.29, 0.717) is 22.9 Å². The molecule has 0 aliphatic carbocycles. The van der Waals surface area contributed by atoms with E-state index in [1.807, 2.05) is 54.6 Å². The Morgan fingerprint density at radius 1 is 0.630 bits per heavy atom. The molecule has 0 bridgehead atoms. The van der Waals surface area contributed by atoms with Gasteiger partial charge in [-0.1, -0.05) is 78.9 Å². The van der Waals surface area contributed by atoms with E-state index < -0.39 is 0 Å². The van der Waals surface area contributed by atoms with Crippen LogP contribution >= 0.6 is 11.6 Å². The molecule has 128 valence electrons. The molecule has 4 rings (SSSR count). The fraction of sp³-hybridized carbons (Fsp3) is 0. The summed E-state index contributed by atoms with van der Waals surface area (Å²) in [6, 6.07) is 25.3. The molecule has 4 aromatic rings.